The molecule has 0 aliphatic carbocycles. The van der Waals surface area contributed by atoms with Crippen molar-refractivity contribution in [2.24, 2.45) is 0 Å². The number of benzene rings is 1. The Morgan fingerprint density at radius 2 is 2.00 bits per heavy atom. The van der Waals surface area contributed by atoms with Gasteiger partial charge in [0.05, 0.1) is 0 Å². The molecule has 0 aromatic heterocycles. The van der Waals surface area contributed by atoms with Crippen molar-refractivity contribution in [1.29, 1.82) is 0 Å². The molecule has 1 unspecified atom stereocenters. The largest absolute Gasteiger partial charge is 0.303 e. The van der Waals surface area contributed by atoms with Gasteiger partial charge in [0, 0.05) is 0 Å². The van der Waals surface area contributed by atoms with Crippen LogP contribution < -0.4 is 0 Å². The monoisotopic (exact) mass is 249 g/mol. The molecule has 0 N–H and O–H groups in total. The van der Waals surface area contributed by atoms with Gasteiger partial charge in [0.25, 0.3) is 0 Å². The molecule has 2 rings (SSSR count). The quantitative estimate of drug-likeness (QED) is 0.763. The summed E-state index contributed by atoms with van der Waals surface area (Å²) in [5, 5.41) is 0. The van der Waals surface area contributed by atoms with Gasteiger partial charge in [0.15, 0.2) is 0 Å². The average Bonchev–Trinajstić information content (AvgIpc) is 2.89. The van der Waals surface area contributed by atoms with E-state index in [1.165, 1.54) is 25.9 Å². The lowest BCUT2D eigenvalue weighted by Crippen LogP contribution is -2.21. The maximum absolute atomic E-state index is 13.7. The second-order valence-corrected chi connectivity index (χ2v) is 5.44. The number of nitrogens with zero attached hydrogens (tertiary/aromatic N) is 1. The van der Waals surface area contributed by atoms with Gasteiger partial charge < -0.3 is 4.90 Å². The van der Waals surface area contributed by atoms with Crippen molar-refractivity contribution in [3.05, 3.63) is 35.1 Å². The van der Waals surface area contributed by atoms with Crippen LogP contribution >= 0.6 is 0 Å². The first kappa shape index (κ1) is 13.5. The van der Waals surface area contributed by atoms with E-state index in [9.17, 15) is 4.39 Å². The number of likely N-dealkylation sites (tertiary alicyclic amines) is 1. The Labute approximate surface area is 110 Å². The summed E-state index contributed by atoms with van der Waals surface area (Å²) in [6, 6.07) is 5.76. The molecule has 18 heavy (non-hydrogen) atoms. The molecule has 100 valence electrons. The minimum Gasteiger partial charge on any atom is -0.303 e. The number of rotatable bonds is 5. The number of hydrogen-bond acceptors (Lipinski definition) is 1. The highest BCUT2D eigenvalue weighted by atomic mass is 19.1. The van der Waals surface area contributed by atoms with Gasteiger partial charge in [0.1, 0.15) is 5.82 Å². The number of aryl methyl sites for hydroxylation is 1. The Morgan fingerprint density at radius 1 is 1.28 bits per heavy atom. The molecule has 1 fully saturated rings. The van der Waals surface area contributed by atoms with Crippen molar-refractivity contribution in [3.63, 3.8) is 0 Å². The van der Waals surface area contributed by atoms with E-state index in [-0.39, 0.29) is 5.82 Å². The standard InChI is InChI=1S/C16H24FN/c1-3-14-6-7-15(12-16(14)17)13(2)8-11-18-9-4-5-10-18/h6-7,12-13H,3-5,8-11H2,1-2H3. The third-order valence-electron chi connectivity index (χ3n) is 4.10. The van der Waals surface area contributed by atoms with E-state index in [0.29, 0.717) is 5.92 Å². The first-order valence-electron chi connectivity index (χ1n) is 7.21. The van der Waals surface area contributed by atoms with Crippen LogP contribution in [0.15, 0.2) is 18.2 Å². The Morgan fingerprint density at radius 3 is 2.61 bits per heavy atom. The first-order chi connectivity index (χ1) is 8.70. The van der Waals surface area contributed by atoms with Crippen molar-refractivity contribution in [2.45, 2.75) is 45.4 Å². The van der Waals surface area contributed by atoms with Crippen LogP contribution in [-0.2, 0) is 6.42 Å². The summed E-state index contributed by atoms with van der Waals surface area (Å²) in [7, 11) is 0. The Bertz CT molecular complexity index is 383. The maximum atomic E-state index is 13.7. The van der Waals surface area contributed by atoms with Crippen LogP contribution in [0.3, 0.4) is 0 Å². The van der Waals surface area contributed by atoms with Gasteiger partial charge >= 0.3 is 0 Å². The van der Waals surface area contributed by atoms with E-state index in [1.807, 2.05) is 13.0 Å². The molecule has 1 heterocycles. The van der Waals surface area contributed by atoms with E-state index in [0.717, 1.165) is 30.5 Å². The van der Waals surface area contributed by atoms with Crippen molar-refractivity contribution >= 4 is 0 Å². The zero-order valence-electron chi connectivity index (χ0n) is 11.6. The third kappa shape index (κ3) is 3.32. The van der Waals surface area contributed by atoms with Gasteiger partial charge in [-0.3, -0.25) is 0 Å². The number of hydrogen-bond donors (Lipinski definition) is 0. The third-order valence-corrected chi connectivity index (χ3v) is 4.10. The molecule has 1 aliphatic heterocycles. The summed E-state index contributed by atoms with van der Waals surface area (Å²) in [4.78, 5) is 2.52. The van der Waals surface area contributed by atoms with E-state index in [1.54, 1.807) is 6.07 Å². The Hall–Kier alpha value is -0.890. The van der Waals surface area contributed by atoms with Gasteiger partial charge in [-0.2, -0.15) is 0 Å². The van der Waals surface area contributed by atoms with E-state index in [4.69, 9.17) is 0 Å². The van der Waals surface area contributed by atoms with Crippen LogP contribution in [0.2, 0.25) is 0 Å². The van der Waals surface area contributed by atoms with Gasteiger partial charge in [-0.25, -0.2) is 4.39 Å². The highest BCUT2D eigenvalue weighted by Crippen LogP contribution is 2.23. The van der Waals surface area contributed by atoms with Crippen LogP contribution in [0.1, 0.15) is 50.2 Å². The summed E-state index contributed by atoms with van der Waals surface area (Å²) in [6.45, 7) is 7.84. The van der Waals surface area contributed by atoms with Crippen LogP contribution in [-0.4, -0.2) is 24.5 Å². The van der Waals surface area contributed by atoms with Crippen LogP contribution in [0, 0.1) is 5.82 Å². The maximum Gasteiger partial charge on any atom is 0.126 e. The van der Waals surface area contributed by atoms with Crippen LogP contribution in [0.4, 0.5) is 4.39 Å². The predicted octanol–water partition coefficient (Wildman–Crippen LogP) is 3.98. The van der Waals surface area contributed by atoms with Crippen molar-refractivity contribution in [2.75, 3.05) is 19.6 Å². The second kappa shape index (κ2) is 6.33. The molecular formula is C16H24FN. The molecule has 1 aliphatic rings. The summed E-state index contributed by atoms with van der Waals surface area (Å²) < 4.78 is 13.7. The highest BCUT2D eigenvalue weighted by molar-refractivity contribution is 5.26. The lowest BCUT2D eigenvalue weighted by Gasteiger charge is -2.18. The SMILES string of the molecule is CCc1ccc(C(C)CCN2CCCC2)cc1F. The molecule has 0 amide bonds. The Kier molecular flexibility index (Phi) is 4.76. The van der Waals surface area contributed by atoms with Gasteiger partial charge in [-0.05, 0) is 68.4 Å². The van der Waals surface area contributed by atoms with E-state index in [2.05, 4.69) is 17.9 Å². The van der Waals surface area contributed by atoms with Gasteiger partial charge in [-0.1, -0.05) is 26.0 Å². The summed E-state index contributed by atoms with van der Waals surface area (Å²) in [6.07, 6.45) is 4.58. The average molecular weight is 249 g/mol. The fourth-order valence-corrected chi connectivity index (χ4v) is 2.71. The Balaban J connectivity index is 1.91. The molecule has 0 spiro atoms. The second-order valence-electron chi connectivity index (χ2n) is 5.44. The zero-order chi connectivity index (χ0) is 13.0. The van der Waals surface area contributed by atoms with Gasteiger partial charge in [-0.15, -0.1) is 0 Å². The first-order valence-corrected chi connectivity index (χ1v) is 7.21. The predicted molar refractivity (Wildman–Crippen MR) is 74.5 cm³/mol. The molecule has 1 atom stereocenters. The molecule has 1 aromatic carbocycles. The van der Waals surface area contributed by atoms with E-state index >= 15 is 0 Å². The zero-order valence-corrected chi connectivity index (χ0v) is 11.6. The minimum absolute atomic E-state index is 0.0389. The number of halogens is 1. The summed E-state index contributed by atoms with van der Waals surface area (Å²) in [5.74, 6) is 0.411. The topological polar surface area (TPSA) is 3.24 Å². The lowest BCUT2D eigenvalue weighted by molar-refractivity contribution is 0.324. The van der Waals surface area contributed by atoms with Crippen molar-refractivity contribution < 1.29 is 4.39 Å². The van der Waals surface area contributed by atoms with Crippen LogP contribution in [0.5, 0.6) is 0 Å². The molecule has 0 saturated carbocycles. The molecule has 2 heteroatoms. The molecule has 0 radical (unpaired) electrons. The molecule has 1 saturated heterocycles. The van der Waals surface area contributed by atoms with Gasteiger partial charge in [0.2, 0.25) is 0 Å². The smallest absolute Gasteiger partial charge is 0.126 e. The molecular weight excluding hydrogens is 225 g/mol. The molecule has 0 bridgehead atoms. The van der Waals surface area contributed by atoms with Crippen LogP contribution in [0.25, 0.3) is 0 Å². The van der Waals surface area contributed by atoms with Crippen molar-refractivity contribution in [3.8, 4) is 0 Å². The lowest BCUT2D eigenvalue weighted by atomic mass is 9.96. The van der Waals surface area contributed by atoms with E-state index < -0.39 is 0 Å². The van der Waals surface area contributed by atoms with Crippen molar-refractivity contribution in [1.82, 2.24) is 4.90 Å². The molecule has 1 nitrogen and oxygen atoms in total. The minimum atomic E-state index is -0.0389. The normalized spacial score (nSPS) is 18.2. The highest BCUT2D eigenvalue weighted by Gasteiger charge is 2.14. The summed E-state index contributed by atoms with van der Waals surface area (Å²) in [5.41, 5.74) is 1.97. The summed E-state index contributed by atoms with van der Waals surface area (Å²) >= 11 is 0. The fourth-order valence-electron chi connectivity index (χ4n) is 2.71. The fraction of sp³-hybridized carbons (Fsp3) is 0.625. The molecule has 1 aromatic rings.